The van der Waals surface area contributed by atoms with E-state index in [1.54, 1.807) is 19.9 Å². The van der Waals surface area contributed by atoms with Crippen LogP contribution in [-0.4, -0.2) is 23.5 Å². The molecule has 0 unspecified atom stereocenters. The Morgan fingerprint density at radius 2 is 2.06 bits per heavy atom. The van der Waals surface area contributed by atoms with Crippen molar-refractivity contribution in [1.82, 2.24) is 0 Å². The molecule has 0 fully saturated rings. The normalized spacial score (nSPS) is 16.8. The summed E-state index contributed by atoms with van der Waals surface area (Å²) < 4.78 is 15.8. The molecule has 92 valence electrons. The number of aromatic hydroxyl groups is 1. The first-order chi connectivity index (χ1) is 7.93. The number of phenols is 1. The summed E-state index contributed by atoms with van der Waals surface area (Å²) in [6.07, 6.45) is 0. The molecule has 0 radical (unpaired) electrons. The summed E-state index contributed by atoms with van der Waals surface area (Å²) in [5.41, 5.74) is 0.0350. The molecular formula is C12H14O5. The lowest BCUT2D eigenvalue weighted by atomic mass is 10.1. The van der Waals surface area contributed by atoms with Gasteiger partial charge in [-0.15, -0.1) is 0 Å². The van der Waals surface area contributed by atoms with Crippen molar-refractivity contribution in [2.45, 2.75) is 26.6 Å². The Balaban J connectivity index is 2.49. The van der Waals surface area contributed by atoms with E-state index in [2.05, 4.69) is 0 Å². The average molecular weight is 238 g/mol. The van der Waals surface area contributed by atoms with E-state index in [0.29, 0.717) is 12.4 Å². The van der Waals surface area contributed by atoms with Crippen LogP contribution in [0.1, 0.15) is 31.1 Å². The minimum atomic E-state index is -1.04. The SMILES string of the molecule is CCOc1cc(O)c2c(c1)OC(C)(C)OC2=O. The lowest BCUT2D eigenvalue weighted by Crippen LogP contribution is -2.38. The molecule has 1 aromatic rings. The highest BCUT2D eigenvalue weighted by atomic mass is 16.7. The minimum Gasteiger partial charge on any atom is -0.507 e. The molecular weight excluding hydrogens is 224 g/mol. The van der Waals surface area contributed by atoms with E-state index in [1.165, 1.54) is 6.07 Å². The van der Waals surface area contributed by atoms with Gasteiger partial charge in [-0.05, 0) is 6.92 Å². The van der Waals surface area contributed by atoms with Crippen LogP contribution in [-0.2, 0) is 4.74 Å². The highest BCUT2D eigenvalue weighted by Gasteiger charge is 2.36. The van der Waals surface area contributed by atoms with Crippen molar-refractivity contribution in [3.63, 3.8) is 0 Å². The Hall–Kier alpha value is -1.91. The van der Waals surface area contributed by atoms with E-state index in [-0.39, 0.29) is 17.1 Å². The van der Waals surface area contributed by atoms with Crippen molar-refractivity contribution < 1.29 is 24.1 Å². The molecule has 1 aromatic carbocycles. The monoisotopic (exact) mass is 238 g/mol. The molecule has 0 atom stereocenters. The van der Waals surface area contributed by atoms with Crippen LogP contribution in [0, 0.1) is 0 Å². The van der Waals surface area contributed by atoms with Crippen molar-refractivity contribution in [2.75, 3.05) is 6.61 Å². The summed E-state index contributed by atoms with van der Waals surface area (Å²) in [5, 5.41) is 9.74. The van der Waals surface area contributed by atoms with Gasteiger partial charge in [-0.3, -0.25) is 0 Å². The number of phenolic OH excluding ortho intramolecular Hbond substituents is 1. The van der Waals surface area contributed by atoms with Crippen molar-refractivity contribution in [3.05, 3.63) is 17.7 Å². The lowest BCUT2D eigenvalue weighted by molar-refractivity contribution is -0.127. The van der Waals surface area contributed by atoms with Crippen LogP contribution in [0.5, 0.6) is 17.2 Å². The zero-order valence-corrected chi connectivity index (χ0v) is 9.94. The topological polar surface area (TPSA) is 65.0 Å². The Labute approximate surface area is 98.9 Å². The van der Waals surface area contributed by atoms with E-state index < -0.39 is 11.8 Å². The number of benzene rings is 1. The van der Waals surface area contributed by atoms with Gasteiger partial charge in [0.25, 0.3) is 0 Å². The molecule has 0 aromatic heterocycles. The van der Waals surface area contributed by atoms with Crippen molar-refractivity contribution in [1.29, 1.82) is 0 Å². The summed E-state index contributed by atoms with van der Waals surface area (Å²) in [6, 6.07) is 2.94. The third-order valence-electron chi connectivity index (χ3n) is 2.26. The molecule has 1 heterocycles. The molecule has 5 heteroatoms. The number of rotatable bonds is 2. The fourth-order valence-corrected chi connectivity index (χ4v) is 1.67. The molecule has 5 nitrogen and oxygen atoms in total. The highest BCUT2D eigenvalue weighted by molar-refractivity contribution is 5.96. The number of esters is 1. The van der Waals surface area contributed by atoms with Crippen LogP contribution >= 0.6 is 0 Å². The van der Waals surface area contributed by atoms with Gasteiger partial charge in [-0.1, -0.05) is 0 Å². The summed E-state index contributed by atoms with van der Waals surface area (Å²) in [4.78, 5) is 11.7. The number of fused-ring (bicyclic) bond motifs is 1. The van der Waals surface area contributed by atoms with Gasteiger partial charge in [0.05, 0.1) is 6.61 Å². The number of ether oxygens (including phenoxy) is 3. The van der Waals surface area contributed by atoms with Crippen LogP contribution in [0.25, 0.3) is 0 Å². The van der Waals surface area contributed by atoms with Gasteiger partial charge in [0.1, 0.15) is 22.8 Å². The van der Waals surface area contributed by atoms with Gasteiger partial charge < -0.3 is 19.3 Å². The molecule has 0 aliphatic carbocycles. The lowest BCUT2D eigenvalue weighted by Gasteiger charge is -2.32. The zero-order chi connectivity index (χ0) is 12.6. The molecule has 0 saturated heterocycles. The second kappa shape index (κ2) is 3.84. The second-order valence-electron chi connectivity index (χ2n) is 4.14. The van der Waals surface area contributed by atoms with E-state index in [0.717, 1.165) is 0 Å². The van der Waals surface area contributed by atoms with Crippen LogP contribution in [0.3, 0.4) is 0 Å². The number of hydrogen-bond acceptors (Lipinski definition) is 5. The first kappa shape index (κ1) is 11.6. The molecule has 1 N–H and O–H groups in total. The molecule has 0 amide bonds. The Morgan fingerprint density at radius 3 is 2.71 bits per heavy atom. The van der Waals surface area contributed by atoms with E-state index in [9.17, 15) is 9.90 Å². The Morgan fingerprint density at radius 1 is 1.35 bits per heavy atom. The van der Waals surface area contributed by atoms with Gasteiger partial charge in [-0.2, -0.15) is 0 Å². The molecule has 0 bridgehead atoms. The molecule has 17 heavy (non-hydrogen) atoms. The van der Waals surface area contributed by atoms with Crippen LogP contribution in [0.4, 0.5) is 0 Å². The zero-order valence-electron chi connectivity index (χ0n) is 9.94. The second-order valence-corrected chi connectivity index (χ2v) is 4.14. The third kappa shape index (κ3) is 2.13. The summed E-state index contributed by atoms with van der Waals surface area (Å²) in [7, 11) is 0. The Kier molecular flexibility index (Phi) is 2.61. The molecule has 0 spiro atoms. The smallest absolute Gasteiger partial charge is 0.349 e. The molecule has 1 aliphatic heterocycles. The number of cyclic esters (lactones) is 1. The minimum absolute atomic E-state index is 0.0350. The van der Waals surface area contributed by atoms with Gasteiger partial charge >= 0.3 is 5.97 Å². The van der Waals surface area contributed by atoms with Gasteiger partial charge in [-0.25, -0.2) is 4.79 Å². The molecule has 2 rings (SSSR count). The Bertz CT molecular complexity index is 464. The van der Waals surface area contributed by atoms with Gasteiger partial charge in [0, 0.05) is 26.0 Å². The first-order valence-corrected chi connectivity index (χ1v) is 5.35. The number of carbonyl (C=O) groups excluding carboxylic acids is 1. The summed E-state index contributed by atoms with van der Waals surface area (Å²) in [6.45, 7) is 5.54. The summed E-state index contributed by atoms with van der Waals surface area (Å²) >= 11 is 0. The first-order valence-electron chi connectivity index (χ1n) is 5.35. The maximum atomic E-state index is 11.7. The quantitative estimate of drug-likeness (QED) is 0.799. The van der Waals surface area contributed by atoms with Crippen molar-refractivity contribution in [3.8, 4) is 17.2 Å². The predicted octanol–water partition coefficient (Wildman–Crippen LogP) is 2.08. The van der Waals surface area contributed by atoms with E-state index >= 15 is 0 Å². The summed E-state index contributed by atoms with van der Waals surface area (Å²) in [5.74, 6) is -1.12. The number of carbonyl (C=O) groups is 1. The van der Waals surface area contributed by atoms with Crippen molar-refractivity contribution in [2.24, 2.45) is 0 Å². The maximum absolute atomic E-state index is 11.7. The van der Waals surface area contributed by atoms with Crippen LogP contribution < -0.4 is 9.47 Å². The van der Waals surface area contributed by atoms with E-state index in [4.69, 9.17) is 14.2 Å². The maximum Gasteiger partial charge on any atom is 0.349 e. The predicted molar refractivity (Wildman–Crippen MR) is 59.4 cm³/mol. The van der Waals surface area contributed by atoms with E-state index in [1.807, 2.05) is 6.92 Å². The van der Waals surface area contributed by atoms with Gasteiger partial charge in [0.2, 0.25) is 5.79 Å². The van der Waals surface area contributed by atoms with Crippen LogP contribution in [0.2, 0.25) is 0 Å². The third-order valence-corrected chi connectivity index (χ3v) is 2.26. The fraction of sp³-hybridized carbons (Fsp3) is 0.417. The van der Waals surface area contributed by atoms with Gasteiger partial charge in [0.15, 0.2) is 0 Å². The van der Waals surface area contributed by atoms with Crippen LogP contribution in [0.15, 0.2) is 12.1 Å². The largest absolute Gasteiger partial charge is 0.507 e. The number of hydrogen-bond donors (Lipinski definition) is 1. The molecule has 1 aliphatic rings. The van der Waals surface area contributed by atoms with Crippen molar-refractivity contribution >= 4 is 5.97 Å². The fourth-order valence-electron chi connectivity index (χ4n) is 1.67. The standard InChI is InChI=1S/C12H14O5/c1-4-15-7-5-8(13)10-9(6-7)16-12(2,3)17-11(10)14/h5-6,13H,4H2,1-3H3. The average Bonchev–Trinajstić information content (AvgIpc) is 2.13. The highest BCUT2D eigenvalue weighted by Crippen LogP contribution is 2.39. The molecule has 0 saturated carbocycles.